The summed E-state index contributed by atoms with van der Waals surface area (Å²) in [7, 11) is 0. The predicted molar refractivity (Wildman–Crippen MR) is 74.0 cm³/mol. The minimum absolute atomic E-state index is 0.131. The number of likely N-dealkylation sites (tertiary alicyclic amines) is 1. The summed E-state index contributed by atoms with van der Waals surface area (Å²) < 4.78 is 13.1. The van der Waals surface area contributed by atoms with Crippen molar-refractivity contribution in [3.8, 4) is 0 Å². The highest BCUT2D eigenvalue weighted by Crippen LogP contribution is 2.23. The molecule has 1 amide bonds. The summed E-state index contributed by atoms with van der Waals surface area (Å²) in [6.45, 7) is 2.93. The predicted octanol–water partition coefficient (Wildman–Crippen LogP) is 2.49. The number of carbonyl (C=O) groups is 1. The first-order chi connectivity index (χ1) is 8.89. The number of nitrogens with zero attached hydrogens (tertiary/aromatic N) is 1. The van der Waals surface area contributed by atoms with E-state index >= 15 is 0 Å². The van der Waals surface area contributed by atoms with Gasteiger partial charge in [-0.15, -0.1) is 12.6 Å². The second kappa shape index (κ2) is 5.51. The quantitative estimate of drug-likeness (QED) is 0.777. The monoisotopic (exact) mass is 283 g/mol. The van der Waals surface area contributed by atoms with Crippen LogP contribution in [0.4, 0.5) is 4.39 Å². The van der Waals surface area contributed by atoms with Crippen LogP contribution in [0.1, 0.15) is 36.5 Å². The average molecular weight is 283 g/mol. The fourth-order valence-corrected chi connectivity index (χ4v) is 2.51. The molecule has 1 aromatic rings. The van der Waals surface area contributed by atoms with Crippen LogP contribution in [-0.4, -0.2) is 34.6 Å². The maximum Gasteiger partial charge on any atom is 0.253 e. The van der Waals surface area contributed by atoms with E-state index < -0.39 is 11.4 Å². The zero-order chi connectivity index (χ0) is 14.0. The van der Waals surface area contributed by atoms with Crippen molar-refractivity contribution in [3.05, 3.63) is 29.6 Å². The van der Waals surface area contributed by atoms with Crippen LogP contribution in [0.5, 0.6) is 0 Å². The van der Waals surface area contributed by atoms with Crippen molar-refractivity contribution in [2.45, 2.75) is 36.7 Å². The van der Waals surface area contributed by atoms with Crippen molar-refractivity contribution in [1.29, 1.82) is 0 Å². The van der Waals surface area contributed by atoms with E-state index in [0.717, 1.165) is 6.42 Å². The van der Waals surface area contributed by atoms with Crippen LogP contribution in [0.3, 0.4) is 0 Å². The van der Waals surface area contributed by atoms with E-state index in [1.165, 1.54) is 18.2 Å². The second-order valence-corrected chi connectivity index (χ2v) is 5.79. The zero-order valence-electron chi connectivity index (χ0n) is 10.9. The summed E-state index contributed by atoms with van der Waals surface area (Å²) in [6.07, 6.45) is 2.03. The van der Waals surface area contributed by atoms with Crippen LogP contribution in [0.2, 0.25) is 0 Å². The van der Waals surface area contributed by atoms with Gasteiger partial charge in [0.15, 0.2) is 0 Å². The number of thiol groups is 1. The molecule has 1 aliphatic heterocycles. The average Bonchev–Trinajstić information content (AvgIpc) is 2.53. The van der Waals surface area contributed by atoms with Crippen molar-refractivity contribution >= 4 is 18.5 Å². The van der Waals surface area contributed by atoms with Crippen molar-refractivity contribution in [2.75, 3.05) is 13.1 Å². The molecule has 1 aromatic carbocycles. The number of hydrogen-bond donors (Lipinski definition) is 2. The van der Waals surface area contributed by atoms with Gasteiger partial charge in [0, 0.05) is 23.5 Å². The van der Waals surface area contributed by atoms with Crippen LogP contribution in [0, 0.1) is 5.82 Å². The number of carbonyl (C=O) groups excluding carboxylic acids is 1. The second-order valence-electron chi connectivity index (χ2n) is 5.31. The molecule has 1 fully saturated rings. The summed E-state index contributed by atoms with van der Waals surface area (Å²) in [6, 6.07) is 4.17. The lowest BCUT2D eigenvalue weighted by Crippen LogP contribution is -2.33. The Labute approximate surface area is 117 Å². The van der Waals surface area contributed by atoms with Crippen LogP contribution in [-0.2, 0) is 0 Å². The van der Waals surface area contributed by atoms with Crippen LogP contribution < -0.4 is 0 Å². The van der Waals surface area contributed by atoms with Crippen molar-refractivity contribution in [1.82, 2.24) is 4.90 Å². The first-order valence-corrected chi connectivity index (χ1v) is 6.84. The molecular formula is C14H18FNO2S. The summed E-state index contributed by atoms with van der Waals surface area (Å²) in [5.74, 6) is -0.563. The summed E-state index contributed by atoms with van der Waals surface area (Å²) in [4.78, 5) is 14.2. The van der Waals surface area contributed by atoms with Gasteiger partial charge in [0.2, 0.25) is 0 Å². The molecule has 0 aliphatic carbocycles. The van der Waals surface area contributed by atoms with E-state index in [0.29, 0.717) is 31.5 Å². The van der Waals surface area contributed by atoms with Crippen molar-refractivity contribution in [2.24, 2.45) is 0 Å². The molecule has 19 heavy (non-hydrogen) atoms. The molecule has 1 aliphatic rings. The minimum Gasteiger partial charge on any atom is -0.390 e. The Morgan fingerprint density at radius 3 is 2.84 bits per heavy atom. The van der Waals surface area contributed by atoms with Gasteiger partial charge in [0.05, 0.1) is 5.60 Å². The van der Waals surface area contributed by atoms with Crippen LogP contribution in [0.25, 0.3) is 0 Å². The van der Waals surface area contributed by atoms with Gasteiger partial charge in [-0.1, -0.05) is 0 Å². The van der Waals surface area contributed by atoms with Gasteiger partial charge in [-0.25, -0.2) is 4.39 Å². The summed E-state index contributed by atoms with van der Waals surface area (Å²) in [5.41, 5.74) is -0.264. The number of aliphatic hydroxyl groups is 1. The van der Waals surface area contributed by atoms with E-state index in [9.17, 15) is 14.3 Å². The molecule has 0 aromatic heterocycles. The smallest absolute Gasteiger partial charge is 0.253 e. The molecule has 1 heterocycles. The number of halogens is 1. The largest absolute Gasteiger partial charge is 0.390 e. The summed E-state index contributed by atoms with van der Waals surface area (Å²) in [5, 5.41) is 10.0. The fraction of sp³-hybridized carbons (Fsp3) is 0.500. The number of hydrogen-bond acceptors (Lipinski definition) is 3. The molecular weight excluding hydrogens is 265 g/mol. The van der Waals surface area contributed by atoms with Crippen molar-refractivity contribution in [3.63, 3.8) is 0 Å². The van der Waals surface area contributed by atoms with Crippen LogP contribution >= 0.6 is 12.6 Å². The highest BCUT2D eigenvalue weighted by molar-refractivity contribution is 7.80. The van der Waals surface area contributed by atoms with E-state index in [4.69, 9.17) is 0 Å². The van der Waals surface area contributed by atoms with E-state index in [-0.39, 0.29) is 10.8 Å². The number of rotatable bonds is 1. The third kappa shape index (κ3) is 3.48. The molecule has 0 bridgehead atoms. The molecule has 104 valence electrons. The Bertz CT molecular complexity index is 490. The maximum atomic E-state index is 13.1. The molecule has 0 saturated carbocycles. The maximum absolute atomic E-state index is 13.1. The Kier molecular flexibility index (Phi) is 4.16. The molecule has 2 rings (SSSR count). The minimum atomic E-state index is -0.702. The van der Waals surface area contributed by atoms with Gasteiger partial charge >= 0.3 is 0 Å². The molecule has 1 saturated heterocycles. The number of benzene rings is 1. The standard InChI is InChI=1S/C14H18FNO2S/c1-14(18)5-2-7-16(8-6-14)13(17)10-3-4-11(15)12(19)9-10/h3-4,9,18-19H,2,5-8H2,1H3. The Morgan fingerprint density at radius 2 is 2.16 bits per heavy atom. The highest BCUT2D eigenvalue weighted by atomic mass is 32.1. The molecule has 3 nitrogen and oxygen atoms in total. The third-order valence-corrected chi connectivity index (χ3v) is 3.89. The molecule has 5 heteroatoms. The van der Waals surface area contributed by atoms with Gasteiger partial charge in [0.1, 0.15) is 5.82 Å². The molecule has 1 N–H and O–H groups in total. The highest BCUT2D eigenvalue weighted by Gasteiger charge is 2.27. The molecule has 1 atom stereocenters. The van der Waals surface area contributed by atoms with Gasteiger partial charge in [-0.3, -0.25) is 4.79 Å². The van der Waals surface area contributed by atoms with Gasteiger partial charge in [-0.2, -0.15) is 0 Å². The molecule has 1 unspecified atom stereocenters. The van der Waals surface area contributed by atoms with E-state index in [1.54, 1.807) is 11.8 Å². The Hall–Kier alpha value is -1.07. The Morgan fingerprint density at radius 1 is 1.42 bits per heavy atom. The summed E-state index contributed by atoms with van der Waals surface area (Å²) >= 11 is 3.99. The van der Waals surface area contributed by atoms with E-state index in [1.807, 2.05) is 0 Å². The molecule has 0 spiro atoms. The Balaban J connectivity index is 2.13. The lowest BCUT2D eigenvalue weighted by molar-refractivity contribution is 0.0438. The topological polar surface area (TPSA) is 40.5 Å². The lowest BCUT2D eigenvalue weighted by atomic mass is 9.98. The molecule has 0 radical (unpaired) electrons. The normalized spacial score (nSPS) is 24.1. The zero-order valence-corrected chi connectivity index (χ0v) is 11.8. The van der Waals surface area contributed by atoms with Crippen LogP contribution in [0.15, 0.2) is 23.1 Å². The first kappa shape index (κ1) is 14.3. The first-order valence-electron chi connectivity index (χ1n) is 6.39. The number of amides is 1. The van der Waals surface area contributed by atoms with Gasteiger partial charge in [0.25, 0.3) is 5.91 Å². The van der Waals surface area contributed by atoms with Gasteiger partial charge in [-0.05, 0) is 44.4 Å². The van der Waals surface area contributed by atoms with Gasteiger partial charge < -0.3 is 10.0 Å². The SMILES string of the molecule is CC1(O)CCCN(C(=O)c2ccc(F)c(S)c2)CC1. The lowest BCUT2D eigenvalue weighted by Gasteiger charge is -2.22. The third-order valence-electron chi connectivity index (χ3n) is 3.54. The van der Waals surface area contributed by atoms with E-state index in [2.05, 4.69) is 12.6 Å². The van der Waals surface area contributed by atoms with Crippen molar-refractivity contribution < 1.29 is 14.3 Å². The fourth-order valence-electron chi connectivity index (χ4n) is 2.29.